The second-order valence-corrected chi connectivity index (χ2v) is 6.43. The van der Waals surface area contributed by atoms with Gasteiger partial charge in [0.1, 0.15) is 6.61 Å². The van der Waals surface area contributed by atoms with Crippen LogP contribution in [0.1, 0.15) is 37.7 Å². The van der Waals surface area contributed by atoms with Crippen LogP contribution in [-0.2, 0) is 25.6 Å². The molecule has 28 heavy (non-hydrogen) atoms. The topological polar surface area (TPSA) is 84.9 Å². The predicted octanol–water partition coefficient (Wildman–Crippen LogP) is 2.25. The van der Waals surface area contributed by atoms with Crippen molar-refractivity contribution in [2.24, 2.45) is 0 Å². The van der Waals surface area contributed by atoms with Crippen molar-refractivity contribution in [1.29, 1.82) is 0 Å². The molecule has 1 saturated heterocycles. The molecular weight excluding hydrogens is 360 g/mol. The number of amides is 2. The lowest BCUT2D eigenvalue weighted by atomic mass is 10.2. The fraction of sp³-hybridized carbons (Fsp3) is 0.476. The molecule has 7 heteroatoms. The minimum Gasteiger partial charge on any atom is -0.469 e. The maximum atomic E-state index is 12.0. The third kappa shape index (κ3) is 7.31. The monoisotopic (exact) mass is 386 g/mol. The molecule has 1 aliphatic heterocycles. The van der Waals surface area contributed by atoms with Gasteiger partial charge in [-0.25, -0.2) is 4.79 Å². The zero-order valence-corrected chi connectivity index (χ0v) is 16.1. The molecule has 2 rings (SSSR count). The van der Waals surface area contributed by atoms with Crippen LogP contribution in [0.5, 0.6) is 0 Å². The number of alkyl carbamates (subject to hydrolysis) is 1. The number of rotatable bonds is 8. The molecule has 0 spiro atoms. The molecule has 1 aromatic carbocycles. The first-order chi connectivity index (χ1) is 13.6. The molecule has 1 fully saturated rings. The van der Waals surface area contributed by atoms with Crippen molar-refractivity contribution < 1.29 is 23.9 Å². The van der Waals surface area contributed by atoms with Gasteiger partial charge in [-0.1, -0.05) is 36.3 Å². The molecule has 1 N–H and O–H groups in total. The van der Waals surface area contributed by atoms with Gasteiger partial charge in [0.25, 0.3) is 0 Å². The highest BCUT2D eigenvalue weighted by molar-refractivity contribution is 5.79. The number of methoxy groups -OCH3 is 1. The number of esters is 1. The number of hydrogen-bond donors (Lipinski definition) is 1. The van der Waals surface area contributed by atoms with Gasteiger partial charge in [-0.3, -0.25) is 9.59 Å². The maximum absolute atomic E-state index is 12.0. The fourth-order valence-corrected chi connectivity index (χ4v) is 2.83. The van der Waals surface area contributed by atoms with Crippen LogP contribution in [0, 0.1) is 11.8 Å². The highest BCUT2D eigenvalue weighted by atomic mass is 16.5. The summed E-state index contributed by atoms with van der Waals surface area (Å²) in [6, 6.07) is 9.40. The van der Waals surface area contributed by atoms with Crippen LogP contribution in [0.2, 0.25) is 0 Å². The van der Waals surface area contributed by atoms with Crippen LogP contribution in [0.25, 0.3) is 0 Å². The summed E-state index contributed by atoms with van der Waals surface area (Å²) in [5.41, 5.74) is 0.986. The largest absolute Gasteiger partial charge is 0.469 e. The number of ether oxygens (including phenoxy) is 2. The van der Waals surface area contributed by atoms with Crippen LogP contribution in [0.15, 0.2) is 30.3 Å². The highest BCUT2D eigenvalue weighted by Crippen LogP contribution is 2.18. The van der Waals surface area contributed by atoms with Gasteiger partial charge >= 0.3 is 12.1 Å². The zero-order chi connectivity index (χ0) is 20.2. The first kappa shape index (κ1) is 21.3. The molecule has 1 aromatic rings. The van der Waals surface area contributed by atoms with Gasteiger partial charge in [0.05, 0.1) is 19.7 Å². The number of carbonyl (C=O) groups is 3. The van der Waals surface area contributed by atoms with Crippen LogP contribution in [-0.4, -0.2) is 49.2 Å². The number of benzene rings is 1. The van der Waals surface area contributed by atoms with E-state index in [2.05, 4.69) is 21.9 Å². The van der Waals surface area contributed by atoms with Crippen molar-refractivity contribution in [3.63, 3.8) is 0 Å². The van der Waals surface area contributed by atoms with Crippen LogP contribution in [0.3, 0.4) is 0 Å². The molecule has 0 aromatic heterocycles. The van der Waals surface area contributed by atoms with Crippen LogP contribution >= 0.6 is 0 Å². The Morgan fingerprint density at radius 3 is 2.79 bits per heavy atom. The van der Waals surface area contributed by atoms with Gasteiger partial charge in [-0.15, -0.1) is 5.92 Å². The summed E-state index contributed by atoms with van der Waals surface area (Å²) in [7, 11) is 1.36. The van der Waals surface area contributed by atoms with E-state index in [1.165, 1.54) is 7.11 Å². The number of likely N-dealkylation sites (tertiary alicyclic amines) is 1. The summed E-state index contributed by atoms with van der Waals surface area (Å²) in [4.78, 5) is 36.6. The van der Waals surface area contributed by atoms with Crippen molar-refractivity contribution in [1.82, 2.24) is 10.2 Å². The Labute approximate surface area is 165 Å². The Balaban J connectivity index is 1.69. The second kappa shape index (κ2) is 11.7. The summed E-state index contributed by atoms with van der Waals surface area (Å²) in [5.74, 6) is 5.69. The number of carbonyl (C=O) groups excluding carboxylic acids is 3. The SMILES string of the molecule is COC(=O)CCCC#CCN1C(=O)CCC1COC(=O)NCc1ccccc1. The van der Waals surface area contributed by atoms with Crippen molar-refractivity contribution in [3.05, 3.63) is 35.9 Å². The van der Waals surface area contributed by atoms with Gasteiger partial charge in [0.2, 0.25) is 5.91 Å². The highest BCUT2D eigenvalue weighted by Gasteiger charge is 2.31. The average Bonchev–Trinajstić information content (AvgIpc) is 3.07. The molecule has 150 valence electrons. The lowest BCUT2D eigenvalue weighted by molar-refractivity contribution is -0.140. The Morgan fingerprint density at radius 1 is 1.25 bits per heavy atom. The quantitative estimate of drug-likeness (QED) is 0.421. The Morgan fingerprint density at radius 2 is 2.04 bits per heavy atom. The minimum absolute atomic E-state index is 0.0159. The van der Waals surface area contributed by atoms with Crippen LogP contribution in [0.4, 0.5) is 4.79 Å². The standard InChI is InChI=1S/C21H26N2O5/c1-27-20(25)11-7-2-3-8-14-23-18(12-13-19(23)24)16-28-21(26)22-15-17-9-5-4-6-10-17/h4-6,9-10,18H,2,7,11-16H2,1H3,(H,22,26). The minimum atomic E-state index is -0.503. The maximum Gasteiger partial charge on any atom is 0.407 e. The predicted molar refractivity (Wildman–Crippen MR) is 103 cm³/mol. The smallest absolute Gasteiger partial charge is 0.407 e. The first-order valence-corrected chi connectivity index (χ1v) is 9.36. The summed E-state index contributed by atoms with van der Waals surface area (Å²) in [5, 5.41) is 2.70. The molecule has 0 saturated carbocycles. The first-order valence-electron chi connectivity index (χ1n) is 9.36. The third-order valence-electron chi connectivity index (χ3n) is 4.42. The molecule has 7 nitrogen and oxygen atoms in total. The van der Waals surface area contributed by atoms with Crippen molar-refractivity contribution in [2.45, 2.75) is 44.7 Å². The average molecular weight is 386 g/mol. The normalized spacial score (nSPS) is 15.5. The molecule has 1 unspecified atom stereocenters. The van der Waals surface area contributed by atoms with E-state index in [0.717, 1.165) is 5.56 Å². The Hall–Kier alpha value is -3.01. The van der Waals surface area contributed by atoms with Gasteiger partial charge in [-0.2, -0.15) is 0 Å². The molecule has 1 heterocycles. The van der Waals surface area contributed by atoms with E-state index in [-0.39, 0.29) is 24.5 Å². The zero-order valence-electron chi connectivity index (χ0n) is 16.1. The van der Waals surface area contributed by atoms with E-state index < -0.39 is 6.09 Å². The molecule has 2 amide bonds. The molecule has 0 radical (unpaired) electrons. The van der Waals surface area contributed by atoms with Crippen molar-refractivity contribution in [2.75, 3.05) is 20.3 Å². The van der Waals surface area contributed by atoms with E-state index >= 15 is 0 Å². The van der Waals surface area contributed by atoms with Gasteiger partial charge in [0, 0.05) is 25.8 Å². The van der Waals surface area contributed by atoms with E-state index in [1.54, 1.807) is 4.90 Å². The lowest BCUT2D eigenvalue weighted by Gasteiger charge is -2.22. The van der Waals surface area contributed by atoms with Crippen molar-refractivity contribution >= 4 is 18.0 Å². The van der Waals surface area contributed by atoms with Gasteiger partial charge in [-0.05, 0) is 18.4 Å². The number of nitrogens with one attached hydrogen (secondary N) is 1. The fourth-order valence-electron chi connectivity index (χ4n) is 2.83. The molecule has 0 bridgehead atoms. The van der Waals surface area contributed by atoms with Crippen LogP contribution < -0.4 is 5.32 Å². The Kier molecular flexibility index (Phi) is 8.86. The number of hydrogen-bond acceptors (Lipinski definition) is 5. The molecule has 1 atom stereocenters. The van der Waals surface area contributed by atoms with Gasteiger partial charge in [0.15, 0.2) is 0 Å². The second-order valence-electron chi connectivity index (χ2n) is 6.43. The lowest BCUT2D eigenvalue weighted by Crippen LogP contribution is -2.38. The van der Waals surface area contributed by atoms with Gasteiger partial charge < -0.3 is 19.7 Å². The van der Waals surface area contributed by atoms with E-state index in [0.29, 0.717) is 45.2 Å². The summed E-state index contributed by atoms with van der Waals surface area (Å²) in [6.07, 6.45) is 2.11. The van der Waals surface area contributed by atoms with E-state index in [1.807, 2.05) is 30.3 Å². The van der Waals surface area contributed by atoms with Crippen molar-refractivity contribution in [3.8, 4) is 11.8 Å². The number of nitrogens with zero attached hydrogens (tertiary/aromatic N) is 1. The number of unbranched alkanes of at least 4 members (excludes halogenated alkanes) is 1. The molecule has 0 aliphatic carbocycles. The van der Waals surface area contributed by atoms with E-state index in [9.17, 15) is 14.4 Å². The summed E-state index contributed by atoms with van der Waals surface area (Å²) in [6.45, 7) is 0.844. The summed E-state index contributed by atoms with van der Waals surface area (Å²) < 4.78 is 9.83. The Bertz CT molecular complexity index is 723. The third-order valence-corrected chi connectivity index (χ3v) is 4.42. The molecule has 1 aliphatic rings. The van der Waals surface area contributed by atoms with E-state index in [4.69, 9.17) is 4.74 Å². The molecular formula is C21H26N2O5. The summed E-state index contributed by atoms with van der Waals surface area (Å²) >= 11 is 0.